The highest BCUT2D eigenvalue weighted by atomic mass is 15.2. The van der Waals surface area contributed by atoms with Gasteiger partial charge in [-0.3, -0.25) is 4.98 Å². The van der Waals surface area contributed by atoms with Crippen LogP contribution in [0.5, 0.6) is 0 Å². The molecule has 1 aromatic carbocycles. The van der Waals surface area contributed by atoms with Crippen LogP contribution >= 0.6 is 0 Å². The highest BCUT2D eigenvalue weighted by Gasteiger charge is 2.46. The van der Waals surface area contributed by atoms with Gasteiger partial charge in [-0.15, -0.1) is 0 Å². The van der Waals surface area contributed by atoms with Gasteiger partial charge in [0, 0.05) is 31.0 Å². The Bertz CT molecular complexity index is 900. The molecule has 106 valence electrons. The number of fused-ring (bicyclic) bond motifs is 4. The van der Waals surface area contributed by atoms with Gasteiger partial charge in [-0.2, -0.15) is 0 Å². The number of hydrogen-bond acceptors (Lipinski definition) is 1. The first kappa shape index (κ1) is 12.6. The SMILES string of the molecule is Cc1c(C)[n+](C)c2n1C(C)(C)c1cc3cccnc3cc1-2. The van der Waals surface area contributed by atoms with Crippen LogP contribution in [0.2, 0.25) is 0 Å². The van der Waals surface area contributed by atoms with Gasteiger partial charge in [0.2, 0.25) is 0 Å². The highest BCUT2D eigenvalue weighted by Crippen LogP contribution is 2.44. The first-order valence-corrected chi connectivity index (χ1v) is 7.41. The lowest BCUT2D eigenvalue weighted by Gasteiger charge is -2.19. The third-order valence-electron chi connectivity index (χ3n) is 5.09. The van der Waals surface area contributed by atoms with Gasteiger partial charge in [0.05, 0.1) is 18.1 Å². The molecule has 0 saturated heterocycles. The maximum absolute atomic E-state index is 4.52. The predicted octanol–water partition coefficient (Wildman–Crippen LogP) is 3.24. The fraction of sp³-hybridized carbons (Fsp3) is 0.333. The lowest BCUT2D eigenvalue weighted by molar-refractivity contribution is -0.665. The summed E-state index contributed by atoms with van der Waals surface area (Å²) >= 11 is 0. The average molecular weight is 278 g/mol. The van der Waals surface area contributed by atoms with Crippen molar-refractivity contribution < 1.29 is 4.57 Å². The molecule has 0 bridgehead atoms. The Morgan fingerprint density at radius 2 is 1.95 bits per heavy atom. The second-order valence-electron chi connectivity index (χ2n) is 6.54. The number of pyridine rings is 1. The van der Waals surface area contributed by atoms with Crippen LogP contribution in [-0.2, 0) is 12.6 Å². The average Bonchev–Trinajstić information content (AvgIpc) is 2.83. The van der Waals surface area contributed by atoms with Crippen molar-refractivity contribution in [2.24, 2.45) is 7.05 Å². The summed E-state index contributed by atoms with van der Waals surface area (Å²) in [5.74, 6) is 1.29. The van der Waals surface area contributed by atoms with E-state index >= 15 is 0 Å². The minimum absolute atomic E-state index is 0.0230. The molecule has 0 spiro atoms. The van der Waals surface area contributed by atoms with Crippen LogP contribution in [0.3, 0.4) is 0 Å². The molecule has 3 aromatic rings. The maximum Gasteiger partial charge on any atom is 0.290 e. The molecule has 1 aliphatic rings. The van der Waals surface area contributed by atoms with Crippen molar-refractivity contribution in [1.82, 2.24) is 9.55 Å². The van der Waals surface area contributed by atoms with Crippen LogP contribution in [-0.4, -0.2) is 9.55 Å². The van der Waals surface area contributed by atoms with Gasteiger partial charge in [-0.25, -0.2) is 9.13 Å². The quantitative estimate of drug-likeness (QED) is 0.579. The number of aromatic nitrogens is 3. The molecule has 3 heteroatoms. The zero-order chi connectivity index (χ0) is 14.9. The largest absolute Gasteiger partial charge is 0.290 e. The summed E-state index contributed by atoms with van der Waals surface area (Å²) in [5.41, 5.74) is 6.40. The van der Waals surface area contributed by atoms with Crippen molar-refractivity contribution >= 4 is 10.9 Å². The molecule has 2 aromatic heterocycles. The van der Waals surface area contributed by atoms with E-state index in [-0.39, 0.29) is 5.54 Å². The van der Waals surface area contributed by atoms with Crippen LogP contribution in [0, 0.1) is 13.8 Å². The lowest BCUT2D eigenvalue weighted by atomic mass is 9.91. The van der Waals surface area contributed by atoms with Crippen LogP contribution < -0.4 is 4.57 Å². The molecule has 1 aliphatic heterocycles. The third-order valence-corrected chi connectivity index (χ3v) is 5.09. The molecule has 0 N–H and O–H groups in total. The zero-order valence-electron chi connectivity index (χ0n) is 13.2. The summed E-state index contributed by atoms with van der Waals surface area (Å²) in [6, 6.07) is 8.69. The zero-order valence-corrected chi connectivity index (χ0v) is 13.2. The predicted molar refractivity (Wildman–Crippen MR) is 84.2 cm³/mol. The van der Waals surface area contributed by atoms with Crippen molar-refractivity contribution in [2.45, 2.75) is 33.2 Å². The fourth-order valence-corrected chi connectivity index (χ4v) is 3.79. The van der Waals surface area contributed by atoms with Gasteiger partial charge in [-0.1, -0.05) is 6.07 Å². The minimum atomic E-state index is -0.0230. The minimum Gasteiger partial charge on any atom is -0.256 e. The monoisotopic (exact) mass is 278 g/mol. The van der Waals surface area contributed by atoms with E-state index < -0.39 is 0 Å². The maximum atomic E-state index is 4.52. The Kier molecular flexibility index (Phi) is 2.23. The van der Waals surface area contributed by atoms with E-state index in [1.807, 2.05) is 12.3 Å². The molecule has 21 heavy (non-hydrogen) atoms. The van der Waals surface area contributed by atoms with E-state index in [1.165, 1.54) is 33.7 Å². The molecular weight excluding hydrogens is 258 g/mol. The number of hydrogen-bond donors (Lipinski definition) is 0. The van der Waals surface area contributed by atoms with E-state index in [0.29, 0.717) is 0 Å². The van der Waals surface area contributed by atoms with E-state index in [1.54, 1.807) is 0 Å². The molecule has 0 saturated carbocycles. The number of imidazole rings is 1. The highest BCUT2D eigenvalue weighted by molar-refractivity contribution is 5.86. The molecule has 0 atom stereocenters. The van der Waals surface area contributed by atoms with Crippen LogP contribution in [0.1, 0.15) is 30.8 Å². The molecule has 3 heterocycles. The standard InChI is InChI=1S/C18H20N3/c1-11-12(2)21-17(20(11)5)14-10-16-13(7-6-8-19-16)9-15(14)18(21,3)4/h6-10H,1-5H3/q+1. The van der Waals surface area contributed by atoms with Crippen molar-refractivity contribution in [3.8, 4) is 11.4 Å². The van der Waals surface area contributed by atoms with Gasteiger partial charge in [-0.05, 0) is 32.0 Å². The van der Waals surface area contributed by atoms with E-state index in [9.17, 15) is 0 Å². The van der Waals surface area contributed by atoms with Crippen molar-refractivity contribution in [2.75, 3.05) is 0 Å². The van der Waals surface area contributed by atoms with Crippen LogP contribution in [0.15, 0.2) is 30.5 Å². The second kappa shape index (κ2) is 3.73. The van der Waals surface area contributed by atoms with Gasteiger partial charge >= 0.3 is 0 Å². The Morgan fingerprint density at radius 3 is 2.71 bits per heavy atom. The second-order valence-corrected chi connectivity index (χ2v) is 6.54. The van der Waals surface area contributed by atoms with Gasteiger partial charge < -0.3 is 0 Å². The third kappa shape index (κ3) is 1.39. The summed E-state index contributed by atoms with van der Waals surface area (Å²) in [6.07, 6.45) is 1.87. The smallest absolute Gasteiger partial charge is 0.256 e. The molecule has 0 fully saturated rings. The first-order valence-electron chi connectivity index (χ1n) is 7.41. The first-order chi connectivity index (χ1) is 9.93. The Hall–Kier alpha value is -2.16. The molecule has 3 nitrogen and oxygen atoms in total. The lowest BCUT2D eigenvalue weighted by Crippen LogP contribution is -2.32. The van der Waals surface area contributed by atoms with Crippen molar-refractivity contribution in [3.05, 3.63) is 47.4 Å². The molecule has 0 amide bonds. The fourth-order valence-electron chi connectivity index (χ4n) is 3.79. The summed E-state index contributed by atoms with van der Waals surface area (Å²) in [6.45, 7) is 9.01. The summed E-state index contributed by atoms with van der Waals surface area (Å²) < 4.78 is 4.77. The Balaban J connectivity index is 2.18. The molecule has 0 aliphatic carbocycles. The number of nitrogens with zero attached hydrogens (tertiary/aromatic N) is 3. The van der Waals surface area contributed by atoms with E-state index in [2.05, 4.69) is 67.1 Å². The van der Waals surface area contributed by atoms with E-state index in [4.69, 9.17) is 0 Å². The molecule has 0 radical (unpaired) electrons. The Morgan fingerprint density at radius 1 is 1.19 bits per heavy atom. The Labute approximate surface area is 124 Å². The summed E-state index contributed by atoms with van der Waals surface area (Å²) in [4.78, 5) is 4.52. The topological polar surface area (TPSA) is 21.7 Å². The van der Waals surface area contributed by atoms with Gasteiger partial charge in [0.25, 0.3) is 5.82 Å². The molecule has 4 rings (SSSR count). The van der Waals surface area contributed by atoms with Crippen molar-refractivity contribution in [3.63, 3.8) is 0 Å². The van der Waals surface area contributed by atoms with E-state index in [0.717, 1.165) is 5.52 Å². The summed E-state index contributed by atoms with van der Waals surface area (Å²) in [5, 5.41) is 1.21. The molecular formula is C18H20N3+. The van der Waals surface area contributed by atoms with Crippen molar-refractivity contribution in [1.29, 1.82) is 0 Å². The molecule has 0 unspecified atom stereocenters. The van der Waals surface area contributed by atoms with Gasteiger partial charge in [0.15, 0.2) is 0 Å². The summed E-state index contributed by atoms with van der Waals surface area (Å²) in [7, 11) is 2.15. The normalized spacial score (nSPS) is 15.3. The number of benzene rings is 1. The number of rotatable bonds is 0. The van der Waals surface area contributed by atoms with Crippen LogP contribution in [0.4, 0.5) is 0 Å². The van der Waals surface area contributed by atoms with Crippen LogP contribution in [0.25, 0.3) is 22.3 Å². The van der Waals surface area contributed by atoms with Gasteiger partial charge in [0.1, 0.15) is 16.9 Å².